The van der Waals surface area contributed by atoms with Gasteiger partial charge in [0.2, 0.25) is 0 Å². The lowest BCUT2D eigenvalue weighted by molar-refractivity contribution is 0.126. The fourth-order valence-electron chi connectivity index (χ4n) is 2.54. The van der Waals surface area contributed by atoms with Gasteiger partial charge >= 0.3 is 6.09 Å². The highest BCUT2D eigenvalue weighted by Gasteiger charge is 2.22. The number of nitrogens with one attached hydrogen (secondary N) is 1. The minimum Gasteiger partial charge on any atom is -0.416 e. The van der Waals surface area contributed by atoms with Crippen LogP contribution in [0.15, 0.2) is 42.9 Å². The molecule has 0 aliphatic carbocycles. The molecule has 1 aromatic carbocycles. The zero-order chi connectivity index (χ0) is 16.2. The number of ether oxygens (including phenoxy) is 1. The van der Waals surface area contributed by atoms with Crippen molar-refractivity contribution in [2.75, 3.05) is 31.1 Å². The van der Waals surface area contributed by atoms with Crippen molar-refractivity contribution in [3.05, 3.63) is 42.9 Å². The third-order valence-electron chi connectivity index (χ3n) is 3.72. The van der Waals surface area contributed by atoms with Crippen LogP contribution < -0.4 is 4.90 Å². The predicted octanol–water partition coefficient (Wildman–Crippen LogP) is 2.26. The maximum Gasteiger partial charge on any atom is 0.414 e. The fourth-order valence-corrected chi connectivity index (χ4v) is 2.54. The Labute approximate surface area is 134 Å². The van der Waals surface area contributed by atoms with Crippen molar-refractivity contribution >= 4 is 11.8 Å². The van der Waals surface area contributed by atoms with Crippen molar-refractivity contribution in [3.63, 3.8) is 0 Å². The van der Waals surface area contributed by atoms with Crippen LogP contribution in [0.25, 0.3) is 11.4 Å². The molecule has 0 atom stereocenters. The maximum atomic E-state index is 11.8. The first-order valence-corrected chi connectivity index (χ1v) is 7.46. The zero-order valence-corrected chi connectivity index (χ0v) is 13.0. The lowest BCUT2D eigenvalue weighted by Crippen LogP contribution is -2.48. The van der Waals surface area contributed by atoms with Crippen LogP contribution >= 0.6 is 0 Å². The van der Waals surface area contributed by atoms with Gasteiger partial charge in [0.15, 0.2) is 5.82 Å². The number of rotatable bonds is 3. The summed E-state index contributed by atoms with van der Waals surface area (Å²) in [6.45, 7) is 8.07. The molecule has 23 heavy (non-hydrogen) atoms. The summed E-state index contributed by atoms with van der Waals surface area (Å²) in [7, 11) is 0. The van der Waals surface area contributed by atoms with Gasteiger partial charge < -0.3 is 14.5 Å². The number of allylic oxidation sites excluding steroid dienone is 1. The summed E-state index contributed by atoms with van der Waals surface area (Å²) in [5, 5.41) is 6.70. The molecule has 2 aromatic rings. The third kappa shape index (κ3) is 3.50. The van der Waals surface area contributed by atoms with Gasteiger partial charge in [-0.2, -0.15) is 5.10 Å². The molecule has 1 saturated heterocycles. The quantitative estimate of drug-likeness (QED) is 0.880. The molecule has 0 unspecified atom stereocenters. The van der Waals surface area contributed by atoms with E-state index in [1.165, 1.54) is 6.33 Å². The highest BCUT2D eigenvalue weighted by Crippen LogP contribution is 2.21. The molecule has 7 heteroatoms. The molecule has 0 bridgehead atoms. The molecule has 2 heterocycles. The van der Waals surface area contributed by atoms with Gasteiger partial charge in [-0.15, -0.1) is 0 Å². The van der Waals surface area contributed by atoms with Crippen LogP contribution in [0, 0.1) is 0 Å². The average molecular weight is 313 g/mol. The van der Waals surface area contributed by atoms with Crippen molar-refractivity contribution in [2.24, 2.45) is 0 Å². The summed E-state index contributed by atoms with van der Waals surface area (Å²) < 4.78 is 5.05. The summed E-state index contributed by atoms with van der Waals surface area (Å²) in [4.78, 5) is 19.9. The van der Waals surface area contributed by atoms with E-state index in [0.29, 0.717) is 18.8 Å². The van der Waals surface area contributed by atoms with Crippen LogP contribution in [0.4, 0.5) is 10.5 Å². The van der Waals surface area contributed by atoms with E-state index in [1.807, 2.05) is 12.1 Å². The first-order valence-electron chi connectivity index (χ1n) is 7.46. The highest BCUT2D eigenvalue weighted by molar-refractivity contribution is 5.69. The standard InChI is InChI=1S/C16H19N5O2/c1-12(2)23-16(22)21-9-7-20(8-10-21)14-5-3-13(4-6-14)15-17-11-18-19-15/h3-6,11H,1,7-10H2,2H3,(H,17,18,19). The second-order valence-corrected chi connectivity index (χ2v) is 5.43. The molecular formula is C16H19N5O2. The first-order chi connectivity index (χ1) is 11.1. The number of benzene rings is 1. The van der Waals surface area contributed by atoms with E-state index in [2.05, 4.69) is 38.8 Å². The van der Waals surface area contributed by atoms with Crippen molar-refractivity contribution in [1.82, 2.24) is 20.1 Å². The number of aromatic nitrogens is 3. The summed E-state index contributed by atoms with van der Waals surface area (Å²) in [6, 6.07) is 8.13. The first kappa shape index (κ1) is 15.1. The summed E-state index contributed by atoms with van der Waals surface area (Å²) >= 11 is 0. The van der Waals surface area contributed by atoms with Crippen molar-refractivity contribution in [2.45, 2.75) is 6.92 Å². The Morgan fingerprint density at radius 1 is 1.22 bits per heavy atom. The molecule has 1 aromatic heterocycles. The topological polar surface area (TPSA) is 74.3 Å². The molecule has 1 N–H and O–H groups in total. The van der Waals surface area contributed by atoms with Crippen molar-refractivity contribution < 1.29 is 9.53 Å². The summed E-state index contributed by atoms with van der Waals surface area (Å²) in [5.41, 5.74) is 2.12. The number of H-pyrrole nitrogens is 1. The Bertz CT molecular complexity index is 673. The van der Waals surface area contributed by atoms with Gasteiger partial charge in [-0.05, 0) is 31.2 Å². The number of hydrogen-bond acceptors (Lipinski definition) is 5. The van der Waals surface area contributed by atoms with Gasteiger partial charge in [0.1, 0.15) is 6.33 Å². The number of nitrogens with zero attached hydrogens (tertiary/aromatic N) is 4. The molecule has 0 spiro atoms. The number of anilines is 1. The Morgan fingerprint density at radius 2 is 1.91 bits per heavy atom. The molecule has 0 saturated carbocycles. The van der Waals surface area contributed by atoms with E-state index < -0.39 is 0 Å². The number of carbonyl (C=O) groups is 1. The summed E-state index contributed by atoms with van der Waals surface area (Å²) in [5.74, 6) is 1.17. The van der Waals surface area contributed by atoms with Gasteiger partial charge in [0.05, 0.1) is 5.76 Å². The minimum absolute atomic E-state index is 0.321. The average Bonchev–Trinajstić information content (AvgIpc) is 3.09. The van der Waals surface area contributed by atoms with Crippen LogP contribution in [0.3, 0.4) is 0 Å². The number of carbonyl (C=O) groups excluding carboxylic acids is 1. The third-order valence-corrected chi connectivity index (χ3v) is 3.72. The minimum atomic E-state index is -0.321. The molecule has 1 fully saturated rings. The molecule has 120 valence electrons. The number of amides is 1. The van der Waals surface area contributed by atoms with Crippen LogP contribution in [-0.2, 0) is 4.74 Å². The van der Waals surface area contributed by atoms with E-state index in [4.69, 9.17) is 4.74 Å². The lowest BCUT2D eigenvalue weighted by Gasteiger charge is -2.35. The van der Waals surface area contributed by atoms with Gasteiger partial charge in [-0.3, -0.25) is 5.10 Å². The smallest absolute Gasteiger partial charge is 0.414 e. The van der Waals surface area contributed by atoms with E-state index in [-0.39, 0.29) is 6.09 Å². The Hall–Kier alpha value is -2.83. The number of aromatic amines is 1. The molecule has 1 amide bonds. The molecule has 1 aliphatic heterocycles. The van der Waals surface area contributed by atoms with E-state index in [0.717, 1.165) is 30.2 Å². The van der Waals surface area contributed by atoms with Crippen LogP contribution in [0.1, 0.15) is 6.92 Å². The van der Waals surface area contributed by atoms with Crippen molar-refractivity contribution in [3.8, 4) is 11.4 Å². The van der Waals surface area contributed by atoms with E-state index >= 15 is 0 Å². The van der Waals surface area contributed by atoms with Gasteiger partial charge in [-0.25, -0.2) is 9.78 Å². The molecule has 1 aliphatic rings. The molecular weight excluding hydrogens is 294 g/mol. The zero-order valence-electron chi connectivity index (χ0n) is 13.0. The Balaban J connectivity index is 1.59. The molecule has 0 radical (unpaired) electrons. The van der Waals surface area contributed by atoms with Crippen LogP contribution in [0.2, 0.25) is 0 Å². The Kier molecular flexibility index (Phi) is 4.27. The van der Waals surface area contributed by atoms with E-state index in [1.54, 1.807) is 11.8 Å². The second kappa shape index (κ2) is 6.51. The number of piperazine rings is 1. The second-order valence-electron chi connectivity index (χ2n) is 5.43. The monoisotopic (exact) mass is 313 g/mol. The lowest BCUT2D eigenvalue weighted by atomic mass is 10.1. The molecule has 7 nitrogen and oxygen atoms in total. The SMILES string of the molecule is C=C(C)OC(=O)N1CCN(c2ccc(-c3ncn[nH]3)cc2)CC1. The fraction of sp³-hybridized carbons (Fsp3) is 0.312. The van der Waals surface area contributed by atoms with Crippen LogP contribution in [0.5, 0.6) is 0 Å². The highest BCUT2D eigenvalue weighted by atomic mass is 16.6. The molecule has 3 rings (SSSR count). The predicted molar refractivity (Wildman–Crippen MR) is 86.9 cm³/mol. The van der Waals surface area contributed by atoms with Gasteiger partial charge in [0.25, 0.3) is 0 Å². The maximum absolute atomic E-state index is 11.8. The van der Waals surface area contributed by atoms with Gasteiger partial charge in [-0.1, -0.05) is 6.58 Å². The Morgan fingerprint density at radius 3 is 2.48 bits per heavy atom. The largest absolute Gasteiger partial charge is 0.416 e. The van der Waals surface area contributed by atoms with Gasteiger partial charge in [0, 0.05) is 37.4 Å². The number of hydrogen-bond donors (Lipinski definition) is 1. The van der Waals surface area contributed by atoms with E-state index in [9.17, 15) is 4.79 Å². The van der Waals surface area contributed by atoms with Crippen LogP contribution in [-0.4, -0.2) is 52.4 Å². The van der Waals surface area contributed by atoms with Crippen molar-refractivity contribution in [1.29, 1.82) is 0 Å². The summed E-state index contributed by atoms with van der Waals surface area (Å²) in [6.07, 6.45) is 1.17. The normalized spacial score (nSPS) is 14.7.